The number of anilines is 1. The summed E-state index contributed by atoms with van der Waals surface area (Å²) in [6, 6.07) is 0. The number of ether oxygens (including phenoxy) is 1. The second-order valence-corrected chi connectivity index (χ2v) is 4.76. The first-order valence-corrected chi connectivity index (χ1v) is 5.98. The number of aromatic amines is 1. The third-order valence-electron chi connectivity index (χ3n) is 1.60. The van der Waals surface area contributed by atoms with Crippen LogP contribution >= 0.6 is 0 Å². The van der Waals surface area contributed by atoms with Crippen molar-refractivity contribution >= 4 is 21.6 Å². The molecule has 1 rings (SSSR count). The van der Waals surface area contributed by atoms with Crippen molar-refractivity contribution in [3.63, 3.8) is 0 Å². The number of rotatable bonds is 3. The zero-order valence-electron chi connectivity index (χ0n) is 8.27. The Labute approximate surface area is 86.5 Å². The van der Waals surface area contributed by atoms with E-state index in [9.17, 15) is 13.2 Å². The highest BCUT2D eigenvalue weighted by Gasteiger charge is 2.26. The first kappa shape index (κ1) is 11.5. The molecule has 0 aliphatic rings. The van der Waals surface area contributed by atoms with Gasteiger partial charge in [-0.2, -0.15) is 5.10 Å². The molecule has 15 heavy (non-hydrogen) atoms. The number of carbonyl (C=O) groups excluding carboxylic acids is 1. The lowest BCUT2D eigenvalue weighted by Gasteiger charge is -2.01. The van der Waals surface area contributed by atoms with E-state index < -0.39 is 15.8 Å². The fourth-order valence-corrected chi connectivity index (χ4v) is 1.99. The molecule has 1 heterocycles. The number of esters is 1. The van der Waals surface area contributed by atoms with Crippen LogP contribution in [0.3, 0.4) is 0 Å². The van der Waals surface area contributed by atoms with E-state index in [4.69, 9.17) is 5.73 Å². The summed E-state index contributed by atoms with van der Waals surface area (Å²) < 4.78 is 27.2. The third-order valence-corrected chi connectivity index (χ3v) is 2.75. The van der Waals surface area contributed by atoms with Gasteiger partial charge in [0, 0.05) is 6.26 Å². The molecular weight excluding hydrogens is 222 g/mol. The number of nitrogens with one attached hydrogen (secondary N) is 1. The highest BCUT2D eigenvalue weighted by atomic mass is 32.2. The van der Waals surface area contributed by atoms with Gasteiger partial charge in [-0.05, 0) is 6.92 Å². The molecule has 1 aromatic rings. The molecule has 0 radical (unpaired) electrons. The number of sulfone groups is 1. The van der Waals surface area contributed by atoms with Gasteiger partial charge in [0.15, 0.2) is 21.3 Å². The topological polar surface area (TPSA) is 115 Å². The first-order valence-electron chi connectivity index (χ1n) is 4.09. The Morgan fingerprint density at radius 1 is 1.60 bits per heavy atom. The summed E-state index contributed by atoms with van der Waals surface area (Å²) in [4.78, 5) is 11.0. The molecule has 0 saturated carbocycles. The Bertz CT molecular complexity index is 476. The predicted octanol–water partition coefficient (Wildman–Crippen LogP) is -0.428. The van der Waals surface area contributed by atoms with Crippen molar-refractivity contribution in [3.8, 4) is 0 Å². The molecule has 0 aliphatic carbocycles. The summed E-state index contributed by atoms with van der Waals surface area (Å²) in [7, 11) is -3.60. The lowest BCUT2D eigenvalue weighted by molar-refractivity contribution is 0.0515. The molecule has 7 nitrogen and oxygen atoms in total. The van der Waals surface area contributed by atoms with E-state index in [1.54, 1.807) is 6.92 Å². The van der Waals surface area contributed by atoms with E-state index >= 15 is 0 Å². The molecule has 0 aromatic carbocycles. The van der Waals surface area contributed by atoms with Crippen LogP contribution in [0.15, 0.2) is 4.90 Å². The fourth-order valence-electron chi connectivity index (χ4n) is 1.06. The summed E-state index contributed by atoms with van der Waals surface area (Å²) in [6.45, 7) is 1.75. The van der Waals surface area contributed by atoms with Crippen molar-refractivity contribution in [1.82, 2.24) is 10.2 Å². The average Bonchev–Trinajstić information content (AvgIpc) is 2.46. The van der Waals surface area contributed by atoms with Crippen LogP contribution < -0.4 is 5.73 Å². The zero-order chi connectivity index (χ0) is 11.6. The van der Waals surface area contributed by atoms with E-state index in [-0.39, 0.29) is 23.0 Å². The van der Waals surface area contributed by atoms with Crippen LogP contribution in [0.2, 0.25) is 0 Å². The number of nitrogen functional groups attached to an aromatic ring is 1. The molecule has 0 unspecified atom stereocenters. The summed E-state index contributed by atoms with van der Waals surface area (Å²) in [5.74, 6) is -1.03. The summed E-state index contributed by atoms with van der Waals surface area (Å²) in [5, 5.41) is 5.70. The lowest BCUT2D eigenvalue weighted by Crippen LogP contribution is -2.11. The molecule has 8 heteroatoms. The third kappa shape index (κ3) is 2.27. The highest BCUT2D eigenvalue weighted by molar-refractivity contribution is 7.91. The molecule has 0 saturated heterocycles. The minimum atomic E-state index is -3.60. The second kappa shape index (κ2) is 3.89. The van der Waals surface area contributed by atoms with Gasteiger partial charge < -0.3 is 10.5 Å². The largest absolute Gasteiger partial charge is 0.461 e. The average molecular weight is 233 g/mol. The minimum absolute atomic E-state index is 0.140. The molecule has 0 amide bonds. The Morgan fingerprint density at radius 2 is 2.20 bits per heavy atom. The molecule has 0 spiro atoms. The van der Waals surface area contributed by atoms with Crippen LogP contribution in [0.5, 0.6) is 0 Å². The second-order valence-electron chi connectivity index (χ2n) is 2.81. The SMILES string of the molecule is CCOC(=O)c1[nH]nc(N)c1S(C)(=O)=O. The Kier molecular flexibility index (Phi) is 2.98. The number of nitrogens with zero attached hydrogens (tertiary/aromatic N) is 1. The Morgan fingerprint density at radius 3 is 2.67 bits per heavy atom. The zero-order valence-corrected chi connectivity index (χ0v) is 9.09. The van der Waals surface area contributed by atoms with Gasteiger partial charge in [-0.25, -0.2) is 13.2 Å². The molecule has 0 fully saturated rings. The van der Waals surface area contributed by atoms with Crippen LogP contribution in [-0.2, 0) is 14.6 Å². The van der Waals surface area contributed by atoms with Crippen LogP contribution in [0.25, 0.3) is 0 Å². The Hall–Kier alpha value is -1.57. The Balaban J connectivity index is 3.27. The minimum Gasteiger partial charge on any atom is -0.461 e. The first-order chi connectivity index (χ1) is 6.88. The number of aromatic nitrogens is 2. The smallest absolute Gasteiger partial charge is 0.357 e. The van der Waals surface area contributed by atoms with Crippen molar-refractivity contribution in [2.24, 2.45) is 0 Å². The number of nitrogens with two attached hydrogens (primary N) is 1. The lowest BCUT2D eigenvalue weighted by atomic mass is 10.4. The molecule has 3 N–H and O–H groups in total. The van der Waals surface area contributed by atoms with Crippen LogP contribution in [0.4, 0.5) is 5.82 Å². The van der Waals surface area contributed by atoms with Crippen molar-refractivity contribution < 1.29 is 17.9 Å². The quantitative estimate of drug-likeness (QED) is 0.684. The number of hydrogen-bond acceptors (Lipinski definition) is 6. The van der Waals surface area contributed by atoms with Gasteiger partial charge in [-0.3, -0.25) is 5.10 Å². The monoisotopic (exact) mass is 233 g/mol. The number of H-pyrrole nitrogens is 1. The maximum absolute atomic E-state index is 11.3. The van der Waals surface area contributed by atoms with Gasteiger partial charge in [-0.15, -0.1) is 0 Å². The maximum Gasteiger partial charge on any atom is 0.357 e. The van der Waals surface area contributed by atoms with Gasteiger partial charge >= 0.3 is 5.97 Å². The fraction of sp³-hybridized carbons (Fsp3) is 0.429. The van der Waals surface area contributed by atoms with Crippen LogP contribution in [0, 0.1) is 0 Å². The van der Waals surface area contributed by atoms with Gasteiger partial charge in [0.05, 0.1) is 6.61 Å². The van der Waals surface area contributed by atoms with E-state index in [1.807, 2.05) is 0 Å². The maximum atomic E-state index is 11.3. The number of carbonyl (C=O) groups is 1. The number of hydrogen-bond donors (Lipinski definition) is 2. The molecule has 1 aromatic heterocycles. The van der Waals surface area contributed by atoms with E-state index in [2.05, 4.69) is 14.9 Å². The van der Waals surface area contributed by atoms with Crippen molar-refractivity contribution in [2.45, 2.75) is 11.8 Å². The molecule has 84 valence electrons. The van der Waals surface area contributed by atoms with Gasteiger partial charge in [0.1, 0.15) is 4.90 Å². The standard InChI is InChI=1S/C7H11N3O4S/c1-3-14-7(11)4-5(15(2,12)13)6(8)10-9-4/h3H2,1-2H3,(H3,8,9,10). The van der Waals surface area contributed by atoms with Gasteiger partial charge in [0.25, 0.3) is 0 Å². The normalized spacial score (nSPS) is 11.3. The molecule has 0 atom stereocenters. The van der Waals surface area contributed by atoms with E-state index in [0.717, 1.165) is 6.26 Å². The molecule has 0 aliphatic heterocycles. The highest BCUT2D eigenvalue weighted by Crippen LogP contribution is 2.20. The predicted molar refractivity (Wildman–Crippen MR) is 52.1 cm³/mol. The van der Waals surface area contributed by atoms with Crippen molar-refractivity contribution in [3.05, 3.63) is 5.69 Å². The summed E-state index contributed by atoms with van der Waals surface area (Å²) in [6.07, 6.45) is 0.941. The summed E-state index contributed by atoms with van der Waals surface area (Å²) >= 11 is 0. The van der Waals surface area contributed by atoms with Crippen molar-refractivity contribution in [2.75, 3.05) is 18.6 Å². The molecular formula is C7H11N3O4S. The van der Waals surface area contributed by atoms with E-state index in [1.165, 1.54) is 0 Å². The summed E-state index contributed by atoms with van der Waals surface area (Å²) in [5.41, 5.74) is 5.09. The van der Waals surface area contributed by atoms with Gasteiger partial charge in [-0.1, -0.05) is 0 Å². The van der Waals surface area contributed by atoms with Crippen LogP contribution in [-0.4, -0.2) is 37.4 Å². The van der Waals surface area contributed by atoms with Crippen molar-refractivity contribution in [1.29, 1.82) is 0 Å². The van der Waals surface area contributed by atoms with Gasteiger partial charge in [0.2, 0.25) is 0 Å². The van der Waals surface area contributed by atoms with Crippen LogP contribution in [0.1, 0.15) is 17.4 Å². The molecule has 0 bridgehead atoms. The van der Waals surface area contributed by atoms with E-state index in [0.29, 0.717) is 0 Å².